The molecule has 0 bridgehead atoms. The largest absolute Gasteiger partial charge is 0.358 e. The number of hydrogen-bond acceptors (Lipinski definition) is 2. The third kappa shape index (κ3) is 4.50. The highest BCUT2D eigenvalue weighted by Crippen LogP contribution is 2.41. The Bertz CT molecular complexity index is 1440. The lowest BCUT2D eigenvalue weighted by molar-refractivity contribution is 0.0793. The summed E-state index contributed by atoms with van der Waals surface area (Å²) < 4.78 is 0.941. The van der Waals surface area contributed by atoms with E-state index in [1.54, 1.807) is 24.3 Å². The quantitative estimate of drug-likeness (QED) is 0.176. The molecule has 0 spiro atoms. The third-order valence-electron chi connectivity index (χ3n) is 6.50. The molecule has 0 aliphatic rings. The number of aryl methyl sites for hydroxylation is 1. The Kier molecular flexibility index (Phi) is 6.47. The zero-order valence-corrected chi connectivity index (χ0v) is 20.8. The third-order valence-corrected chi connectivity index (χ3v) is 7.03. The Morgan fingerprint density at radius 2 is 1.20 bits per heavy atom. The number of aromatic amines is 1. The van der Waals surface area contributed by atoms with Crippen molar-refractivity contribution in [3.63, 3.8) is 0 Å². The van der Waals surface area contributed by atoms with Crippen LogP contribution in [-0.4, -0.2) is 16.6 Å². The van der Waals surface area contributed by atoms with Crippen LogP contribution in [0.1, 0.15) is 43.5 Å². The smallest absolute Gasteiger partial charge is 0.174 e. The topological polar surface area (TPSA) is 49.9 Å². The molecule has 0 amide bonds. The van der Waals surface area contributed by atoms with Gasteiger partial charge >= 0.3 is 0 Å². The van der Waals surface area contributed by atoms with Crippen LogP contribution in [-0.2, 0) is 0 Å². The number of nitrogens with one attached hydrogen (secondary N) is 1. The van der Waals surface area contributed by atoms with Crippen LogP contribution >= 0.6 is 15.9 Å². The first-order valence-corrected chi connectivity index (χ1v) is 12.3. The fourth-order valence-electron chi connectivity index (χ4n) is 4.88. The molecule has 0 aliphatic heterocycles. The lowest BCUT2D eigenvalue weighted by atomic mass is 9.73. The molecule has 0 aliphatic carbocycles. The highest BCUT2D eigenvalue weighted by molar-refractivity contribution is 9.10. The van der Waals surface area contributed by atoms with Crippen molar-refractivity contribution in [1.82, 2.24) is 4.98 Å². The van der Waals surface area contributed by atoms with Gasteiger partial charge in [-0.1, -0.05) is 107 Å². The molecule has 0 radical (unpaired) electrons. The number of halogens is 1. The molecule has 0 saturated carbocycles. The Morgan fingerprint density at radius 3 is 1.77 bits per heavy atom. The van der Waals surface area contributed by atoms with E-state index < -0.39 is 11.8 Å². The number of Topliss-reactive ketones (excluding diaryl/α,β-unsaturated/α-hetero) is 2. The molecule has 5 rings (SSSR count). The number of aromatic nitrogens is 1. The minimum absolute atomic E-state index is 0.183. The van der Waals surface area contributed by atoms with Crippen LogP contribution in [0.4, 0.5) is 0 Å². The van der Waals surface area contributed by atoms with Gasteiger partial charge in [0.25, 0.3) is 0 Å². The molecule has 0 saturated heterocycles. The van der Waals surface area contributed by atoms with E-state index in [2.05, 4.69) is 27.0 Å². The number of H-pyrrole nitrogens is 1. The number of para-hydroxylation sites is 1. The van der Waals surface area contributed by atoms with Crippen LogP contribution in [0.25, 0.3) is 10.9 Å². The maximum atomic E-state index is 14.1. The molecule has 172 valence electrons. The number of benzene rings is 4. The molecular weight excluding hydrogens is 498 g/mol. The van der Waals surface area contributed by atoms with E-state index in [4.69, 9.17) is 0 Å². The monoisotopic (exact) mass is 521 g/mol. The van der Waals surface area contributed by atoms with E-state index in [1.807, 2.05) is 85.8 Å². The minimum Gasteiger partial charge on any atom is -0.358 e. The van der Waals surface area contributed by atoms with E-state index in [0.717, 1.165) is 32.2 Å². The second-order valence-corrected chi connectivity index (χ2v) is 9.59. The second-order valence-electron chi connectivity index (χ2n) is 8.68. The van der Waals surface area contributed by atoms with Gasteiger partial charge in [0.1, 0.15) is 0 Å². The predicted octanol–water partition coefficient (Wildman–Crippen LogP) is 7.75. The fraction of sp³-hybridized carbons (Fsp3) is 0.0968. The van der Waals surface area contributed by atoms with Gasteiger partial charge in [0, 0.05) is 38.1 Å². The first-order valence-electron chi connectivity index (χ1n) is 11.6. The van der Waals surface area contributed by atoms with E-state index in [1.165, 1.54) is 0 Å². The van der Waals surface area contributed by atoms with E-state index in [0.29, 0.717) is 11.1 Å². The highest BCUT2D eigenvalue weighted by Gasteiger charge is 2.39. The first-order chi connectivity index (χ1) is 17.0. The summed E-state index contributed by atoms with van der Waals surface area (Å²) in [7, 11) is 0. The highest BCUT2D eigenvalue weighted by atomic mass is 79.9. The van der Waals surface area contributed by atoms with Crippen molar-refractivity contribution in [1.29, 1.82) is 0 Å². The molecule has 0 fully saturated rings. The SMILES string of the molecule is Cc1[nH]c2ccccc2c1[C@H](c1ccc(Br)cc1)C(C(=O)c1ccccc1)C(=O)c1ccccc1. The normalized spacial score (nSPS) is 12.1. The maximum Gasteiger partial charge on any atom is 0.174 e. The van der Waals surface area contributed by atoms with Crippen LogP contribution in [0, 0.1) is 12.8 Å². The Hall–Kier alpha value is -3.76. The molecule has 35 heavy (non-hydrogen) atoms. The number of carbonyl (C=O) groups excluding carboxylic acids is 2. The van der Waals surface area contributed by atoms with Crippen LogP contribution in [0.3, 0.4) is 0 Å². The molecule has 1 atom stereocenters. The predicted molar refractivity (Wildman–Crippen MR) is 144 cm³/mol. The zero-order chi connectivity index (χ0) is 24.4. The molecule has 1 N–H and O–H groups in total. The average Bonchev–Trinajstić information content (AvgIpc) is 3.23. The average molecular weight is 522 g/mol. The molecule has 5 aromatic rings. The van der Waals surface area contributed by atoms with Gasteiger partial charge in [-0.3, -0.25) is 9.59 Å². The van der Waals surface area contributed by atoms with Crippen LogP contribution in [0.5, 0.6) is 0 Å². The molecule has 3 nitrogen and oxygen atoms in total. The summed E-state index contributed by atoms with van der Waals surface area (Å²) in [6.07, 6.45) is 0. The summed E-state index contributed by atoms with van der Waals surface area (Å²) >= 11 is 3.53. The fourth-order valence-corrected chi connectivity index (χ4v) is 5.15. The summed E-state index contributed by atoms with van der Waals surface area (Å²) in [5.41, 5.74) is 4.88. The molecule has 4 heteroatoms. The number of carbonyl (C=O) groups is 2. The van der Waals surface area contributed by atoms with Crippen molar-refractivity contribution in [3.05, 3.63) is 142 Å². The summed E-state index contributed by atoms with van der Waals surface area (Å²) in [5.74, 6) is -1.77. The van der Waals surface area contributed by atoms with E-state index in [-0.39, 0.29) is 11.6 Å². The lowest BCUT2D eigenvalue weighted by Crippen LogP contribution is -2.31. The summed E-state index contributed by atoms with van der Waals surface area (Å²) in [6, 6.07) is 34.2. The van der Waals surface area contributed by atoms with Gasteiger partial charge in [-0.05, 0) is 36.2 Å². The summed E-state index contributed by atoms with van der Waals surface area (Å²) in [6.45, 7) is 2.01. The van der Waals surface area contributed by atoms with Gasteiger partial charge < -0.3 is 4.98 Å². The zero-order valence-electron chi connectivity index (χ0n) is 19.2. The van der Waals surface area contributed by atoms with Gasteiger partial charge in [-0.2, -0.15) is 0 Å². The van der Waals surface area contributed by atoms with Crippen molar-refractivity contribution < 1.29 is 9.59 Å². The van der Waals surface area contributed by atoms with Crippen molar-refractivity contribution in [2.75, 3.05) is 0 Å². The number of fused-ring (bicyclic) bond motifs is 1. The molecule has 4 aromatic carbocycles. The van der Waals surface area contributed by atoms with Crippen molar-refractivity contribution >= 4 is 38.4 Å². The molecule has 0 unspecified atom stereocenters. The number of ketones is 2. The first kappa shape index (κ1) is 23.0. The maximum absolute atomic E-state index is 14.1. The number of rotatable bonds is 7. The van der Waals surface area contributed by atoms with Gasteiger partial charge in [0.05, 0.1) is 5.92 Å². The van der Waals surface area contributed by atoms with Crippen molar-refractivity contribution in [3.8, 4) is 0 Å². The summed E-state index contributed by atoms with van der Waals surface area (Å²) in [4.78, 5) is 31.8. The van der Waals surface area contributed by atoms with E-state index in [9.17, 15) is 9.59 Å². The van der Waals surface area contributed by atoms with Gasteiger partial charge in [0.2, 0.25) is 0 Å². The standard InChI is InChI=1S/C31H24BrNO2/c1-20-27(25-14-8-9-15-26(25)33-20)28(21-16-18-24(32)19-17-21)29(30(34)22-10-4-2-5-11-22)31(35)23-12-6-3-7-13-23/h2-19,28-29,33H,1H3/t28-/m0/s1. The number of hydrogen-bond donors (Lipinski definition) is 1. The molecule has 1 aromatic heterocycles. The van der Waals surface area contributed by atoms with Gasteiger partial charge in [0.15, 0.2) is 11.6 Å². The lowest BCUT2D eigenvalue weighted by Gasteiger charge is -2.27. The Labute approximate surface area is 213 Å². The van der Waals surface area contributed by atoms with Crippen molar-refractivity contribution in [2.45, 2.75) is 12.8 Å². The van der Waals surface area contributed by atoms with Crippen LogP contribution in [0.15, 0.2) is 114 Å². The van der Waals surface area contributed by atoms with Crippen LogP contribution < -0.4 is 0 Å². The Balaban J connectivity index is 1.78. The van der Waals surface area contributed by atoms with Crippen molar-refractivity contribution in [2.24, 2.45) is 5.92 Å². The Morgan fingerprint density at radius 1 is 0.686 bits per heavy atom. The van der Waals surface area contributed by atoms with Gasteiger partial charge in [-0.25, -0.2) is 0 Å². The van der Waals surface area contributed by atoms with Gasteiger partial charge in [-0.15, -0.1) is 0 Å². The molecular formula is C31H24BrNO2. The minimum atomic E-state index is -0.932. The summed E-state index contributed by atoms with van der Waals surface area (Å²) in [5, 5.41) is 1.02. The van der Waals surface area contributed by atoms with E-state index >= 15 is 0 Å². The van der Waals surface area contributed by atoms with Crippen LogP contribution in [0.2, 0.25) is 0 Å². The second kappa shape index (κ2) is 9.85. The molecule has 1 heterocycles.